The predicted octanol–water partition coefficient (Wildman–Crippen LogP) is 3.03. The molecular weight excluding hydrogens is 396 g/mol. The Morgan fingerprint density at radius 2 is 1.74 bits per heavy atom. The number of likely N-dealkylation sites (tertiary alicyclic amines) is 1. The summed E-state index contributed by atoms with van der Waals surface area (Å²) >= 11 is 0. The molecule has 0 spiro atoms. The zero-order valence-electron chi connectivity index (χ0n) is 18.0. The molecule has 0 unspecified atom stereocenters. The molecule has 2 aromatic carbocycles. The van der Waals surface area contributed by atoms with Crippen LogP contribution in [0.4, 0.5) is 0 Å². The van der Waals surface area contributed by atoms with Crippen molar-refractivity contribution in [3.05, 3.63) is 54.1 Å². The third kappa shape index (κ3) is 4.70. The number of amides is 1. The van der Waals surface area contributed by atoms with E-state index in [0.717, 1.165) is 11.1 Å². The van der Waals surface area contributed by atoms with Crippen LogP contribution in [-0.4, -0.2) is 56.8 Å². The van der Waals surface area contributed by atoms with Gasteiger partial charge in [-0.05, 0) is 48.7 Å². The van der Waals surface area contributed by atoms with E-state index in [1.54, 1.807) is 31.1 Å². The van der Waals surface area contributed by atoms with Gasteiger partial charge >= 0.3 is 5.97 Å². The molecule has 1 aliphatic heterocycles. The Morgan fingerprint density at radius 1 is 1.13 bits per heavy atom. The normalized spacial score (nSPS) is 20.4. The molecule has 7 nitrogen and oxygen atoms in total. The Morgan fingerprint density at radius 3 is 2.29 bits per heavy atom. The van der Waals surface area contributed by atoms with Crippen LogP contribution in [0.15, 0.2) is 48.5 Å². The van der Waals surface area contributed by atoms with Gasteiger partial charge in [0, 0.05) is 13.7 Å². The van der Waals surface area contributed by atoms with Crippen molar-refractivity contribution in [1.29, 1.82) is 5.26 Å². The molecule has 0 aromatic heterocycles. The fourth-order valence-electron chi connectivity index (χ4n) is 3.84. The maximum absolute atomic E-state index is 12.9. The molecule has 162 valence electrons. The maximum Gasteiger partial charge on any atom is 0.321 e. The highest BCUT2D eigenvalue weighted by atomic mass is 16.5. The van der Waals surface area contributed by atoms with Crippen LogP contribution < -0.4 is 4.74 Å². The number of hydrogen-bond acceptors (Lipinski definition) is 6. The second kappa shape index (κ2) is 9.63. The van der Waals surface area contributed by atoms with E-state index in [4.69, 9.17) is 19.5 Å². The van der Waals surface area contributed by atoms with Crippen LogP contribution in [0.3, 0.4) is 0 Å². The number of hydrogen-bond donors (Lipinski definition) is 0. The zero-order valence-corrected chi connectivity index (χ0v) is 18.0. The molecule has 1 heterocycles. The van der Waals surface area contributed by atoms with Crippen LogP contribution in [0, 0.1) is 16.7 Å². The van der Waals surface area contributed by atoms with E-state index < -0.39 is 11.4 Å². The van der Waals surface area contributed by atoms with Gasteiger partial charge in [0.2, 0.25) is 5.91 Å². The monoisotopic (exact) mass is 422 g/mol. The summed E-state index contributed by atoms with van der Waals surface area (Å²) in [6.07, 6.45) is 0.325. The minimum absolute atomic E-state index is 0.259. The molecule has 2 atom stereocenters. The first kappa shape index (κ1) is 22.3. The van der Waals surface area contributed by atoms with Gasteiger partial charge in [-0.15, -0.1) is 0 Å². The van der Waals surface area contributed by atoms with Crippen LogP contribution in [0.5, 0.6) is 5.75 Å². The van der Waals surface area contributed by atoms with Crippen LogP contribution in [0.2, 0.25) is 0 Å². The number of rotatable bonds is 8. The highest BCUT2D eigenvalue weighted by molar-refractivity contribution is 6.04. The number of nitriles is 1. The third-order valence-electron chi connectivity index (χ3n) is 5.63. The van der Waals surface area contributed by atoms with Crippen LogP contribution in [-0.2, 0) is 19.1 Å². The molecule has 1 aliphatic rings. The van der Waals surface area contributed by atoms with E-state index >= 15 is 0 Å². The van der Waals surface area contributed by atoms with Gasteiger partial charge in [0.25, 0.3) is 0 Å². The maximum atomic E-state index is 12.9. The fraction of sp³-hybridized carbons (Fsp3) is 0.375. The Hall–Kier alpha value is -3.37. The lowest BCUT2D eigenvalue weighted by molar-refractivity contribution is -0.158. The van der Waals surface area contributed by atoms with Gasteiger partial charge in [0.1, 0.15) is 17.8 Å². The lowest BCUT2D eigenvalue weighted by Gasteiger charge is -2.24. The Bertz CT molecular complexity index is 965. The van der Waals surface area contributed by atoms with Crippen molar-refractivity contribution in [2.24, 2.45) is 5.41 Å². The average molecular weight is 422 g/mol. The summed E-state index contributed by atoms with van der Waals surface area (Å²) < 4.78 is 15.9. The van der Waals surface area contributed by atoms with E-state index in [-0.39, 0.29) is 18.6 Å². The van der Waals surface area contributed by atoms with Crippen molar-refractivity contribution in [2.75, 3.05) is 34.0 Å². The topological polar surface area (TPSA) is 88.9 Å². The third-order valence-corrected chi connectivity index (χ3v) is 5.63. The first-order chi connectivity index (χ1) is 14.9. The molecule has 0 saturated carbocycles. The molecule has 0 bridgehead atoms. The molecular formula is C24H26N2O5. The Labute approximate surface area is 182 Å². The molecule has 2 aromatic rings. The van der Waals surface area contributed by atoms with E-state index in [9.17, 15) is 9.59 Å². The summed E-state index contributed by atoms with van der Waals surface area (Å²) in [6.45, 7) is 2.64. The molecule has 0 aliphatic carbocycles. The van der Waals surface area contributed by atoms with Gasteiger partial charge in [-0.25, -0.2) is 0 Å². The molecule has 1 fully saturated rings. The summed E-state index contributed by atoms with van der Waals surface area (Å²) in [6, 6.07) is 16.8. The van der Waals surface area contributed by atoms with E-state index in [1.807, 2.05) is 36.4 Å². The predicted molar refractivity (Wildman–Crippen MR) is 114 cm³/mol. The van der Waals surface area contributed by atoms with Crippen molar-refractivity contribution in [2.45, 2.75) is 19.4 Å². The first-order valence-electron chi connectivity index (χ1n) is 10.0. The van der Waals surface area contributed by atoms with Gasteiger partial charge in [-0.2, -0.15) is 5.26 Å². The lowest BCUT2D eigenvalue weighted by Crippen LogP contribution is -2.42. The van der Waals surface area contributed by atoms with Crippen molar-refractivity contribution >= 4 is 11.9 Å². The first-order valence-corrected chi connectivity index (χ1v) is 10.0. The quantitative estimate of drug-likeness (QED) is 0.480. The summed E-state index contributed by atoms with van der Waals surface area (Å²) in [5, 5.41) is 8.92. The number of methoxy groups -OCH3 is 2. The molecule has 7 heteroatoms. The van der Waals surface area contributed by atoms with Crippen LogP contribution >= 0.6 is 0 Å². The highest BCUT2D eigenvalue weighted by Gasteiger charge is 2.54. The Balaban J connectivity index is 1.68. The van der Waals surface area contributed by atoms with Gasteiger partial charge in [0.15, 0.2) is 0 Å². The fourth-order valence-corrected chi connectivity index (χ4v) is 3.84. The van der Waals surface area contributed by atoms with Gasteiger partial charge in [0.05, 0.1) is 31.4 Å². The molecule has 0 N–H and O–H groups in total. The number of carbonyl (C=O) groups is 2. The molecule has 0 radical (unpaired) electrons. The molecule has 3 rings (SSSR count). The summed E-state index contributed by atoms with van der Waals surface area (Å²) in [7, 11) is 2.86. The van der Waals surface area contributed by atoms with Crippen molar-refractivity contribution in [3.8, 4) is 22.9 Å². The number of benzene rings is 2. The average Bonchev–Trinajstić information content (AvgIpc) is 3.06. The second-order valence-electron chi connectivity index (χ2n) is 7.70. The van der Waals surface area contributed by atoms with Gasteiger partial charge in [-0.3, -0.25) is 9.59 Å². The zero-order chi connectivity index (χ0) is 22.4. The smallest absolute Gasteiger partial charge is 0.321 e. The number of esters is 1. The SMILES string of the molecule is COCCN1C(=O)[C@@](C)(C(=O)OC)C[C@H]1COc1ccc(-c2ccc(C#N)cc2)cc1. The minimum atomic E-state index is -1.21. The largest absolute Gasteiger partial charge is 0.491 e. The van der Waals surface area contributed by atoms with Crippen molar-refractivity contribution in [3.63, 3.8) is 0 Å². The summed E-state index contributed by atoms with van der Waals surface area (Å²) in [5.74, 6) is -0.126. The van der Waals surface area contributed by atoms with E-state index in [0.29, 0.717) is 30.9 Å². The Kier molecular flexibility index (Phi) is 6.93. The van der Waals surface area contributed by atoms with Crippen LogP contribution in [0.25, 0.3) is 11.1 Å². The summed E-state index contributed by atoms with van der Waals surface area (Å²) in [4.78, 5) is 26.8. The highest BCUT2D eigenvalue weighted by Crippen LogP contribution is 2.37. The minimum Gasteiger partial charge on any atom is -0.491 e. The van der Waals surface area contributed by atoms with Crippen molar-refractivity contribution < 1.29 is 23.8 Å². The standard InChI is InChI=1S/C24H26N2O5/c1-24(23(28)30-3)14-20(26(22(24)27)12-13-29-2)16-31-21-10-8-19(9-11-21)18-6-4-17(15-25)5-7-18/h4-11,20H,12-14,16H2,1-3H3/t20-,24-/m0/s1. The van der Waals surface area contributed by atoms with Gasteiger partial charge < -0.3 is 19.1 Å². The number of ether oxygens (including phenoxy) is 3. The lowest BCUT2D eigenvalue weighted by atomic mass is 9.87. The molecule has 1 amide bonds. The van der Waals surface area contributed by atoms with Crippen molar-refractivity contribution in [1.82, 2.24) is 4.90 Å². The van der Waals surface area contributed by atoms with E-state index in [2.05, 4.69) is 6.07 Å². The second-order valence-corrected chi connectivity index (χ2v) is 7.70. The number of nitrogens with zero attached hydrogens (tertiary/aromatic N) is 2. The number of carbonyl (C=O) groups excluding carboxylic acids is 2. The molecule has 1 saturated heterocycles. The summed E-state index contributed by atoms with van der Waals surface area (Å²) in [5.41, 5.74) is 1.42. The van der Waals surface area contributed by atoms with E-state index in [1.165, 1.54) is 7.11 Å². The molecule has 31 heavy (non-hydrogen) atoms. The van der Waals surface area contributed by atoms with Gasteiger partial charge in [-0.1, -0.05) is 24.3 Å². The van der Waals surface area contributed by atoms with Crippen LogP contribution in [0.1, 0.15) is 18.9 Å².